The molecule has 3 heteroatoms. The molecular weight excluding hydrogens is 220 g/mol. The van der Waals surface area contributed by atoms with Crippen molar-refractivity contribution in [2.45, 2.75) is 26.4 Å². The smallest absolute Gasteiger partial charge is 0.0486 e. The molecule has 0 amide bonds. The van der Waals surface area contributed by atoms with Gasteiger partial charge in [-0.05, 0) is 32.5 Å². The maximum atomic E-state index is 3.22. The molecule has 1 N–H and O–H groups in total. The van der Waals surface area contributed by atoms with Crippen molar-refractivity contribution < 1.29 is 0 Å². The molecule has 2 nitrogen and oxygen atoms in total. The number of rotatable bonds is 3. The Morgan fingerprint density at radius 1 is 1.25 bits per heavy atom. The summed E-state index contributed by atoms with van der Waals surface area (Å²) in [5.41, 5.74) is 2.71. The number of fused-ring (bicyclic) bond motifs is 1. The van der Waals surface area contributed by atoms with Crippen LogP contribution >= 0.6 is 12.4 Å². The minimum absolute atomic E-state index is 0. The molecular formula is C13H19ClN2. The molecule has 0 bridgehead atoms. The first-order valence-corrected chi connectivity index (χ1v) is 5.47. The molecule has 0 aliphatic rings. The van der Waals surface area contributed by atoms with E-state index in [0.717, 1.165) is 6.54 Å². The first-order valence-electron chi connectivity index (χ1n) is 5.47. The summed E-state index contributed by atoms with van der Waals surface area (Å²) in [6.45, 7) is 5.37. The number of para-hydroxylation sites is 1. The molecule has 0 saturated carbocycles. The van der Waals surface area contributed by atoms with Crippen LogP contribution in [0.4, 0.5) is 0 Å². The van der Waals surface area contributed by atoms with Gasteiger partial charge in [0.1, 0.15) is 0 Å². The third kappa shape index (κ3) is 2.23. The molecule has 2 aromatic rings. The van der Waals surface area contributed by atoms with E-state index in [1.165, 1.54) is 16.5 Å². The fourth-order valence-corrected chi connectivity index (χ4v) is 2.04. The minimum atomic E-state index is 0. The molecule has 88 valence electrons. The van der Waals surface area contributed by atoms with Crippen molar-refractivity contribution in [3.63, 3.8) is 0 Å². The van der Waals surface area contributed by atoms with Gasteiger partial charge in [0.05, 0.1) is 0 Å². The second-order valence-corrected chi connectivity index (χ2v) is 4.20. The standard InChI is InChI=1S/C13H18N2.ClH/c1-10(2)15-9-11(8-14-3)12-6-4-5-7-13(12)15;/h4-7,9-10,14H,8H2,1-3H3;1H. The molecule has 1 heterocycles. The highest BCUT2D eigenvalue weighted by Crippen LogP contribution is 2.24. The Kier molecular flexibility index (Phi) is 4.39. The van der Waals surface area contributed by atoms with E-state index in [1.54, 1.807) is 0 Å². The van der Waals surface area contributed by atoms with Crippen molar-refractivity contribution in [3.8, 4) is 0 Å². The average Bonchev–Trinajstić information content (AvgIpc) is 2.59. The van der Waals surface area contributed by atoms with E-state index in [9.17, 15) is 0 Å². The summed E-state index contributed by atoms with van der Waals surface area (Å²) in [6, 6.07) is 9.10. The molecule has 1 aromatic carbocycles. The molecule has 0 aliphatic heterocycles. The molecule has 0 spiro atoms. The van der Waals surface area contributed by atoms with Crippen LogP contribution in [0.5, 0.6) is 0 Å². The van der Waals surface area contributed by atoms with Crippen LogP contribution in [0, 0.1) is 0 Å². The zero-order valence-electron chi connectivity index (χ0n) is 10.0. The Balaban J connectivity index is 0.00000128. The quantitative estimate of drug-likeness (QED) is 0.868. The van der Waals surface area contributed by atoms with Crippen molar-refractivity contribution in [2.75, 3.05) is 7.05 Å². The van der Waals surface area contributed by atoms with Gasteiger partial charge in [-0.1, -0.05) is 18.2 Å². The summed E-state index contributed by atoms with van der Waals surface area (Å²) in [5.74, 6) is 0. The van der Waals surface area contributed by atoms with Crippen LogP contribution < -0.4 is 5.32 Å². The van der Waals surface area contributed by atoms with Gasteiger partial charge in [-0.2, -0.15) is 0 Å². The molecule has 0 fully saturated rings. The van der Waals surface area contributed by atoms with E-state index in [0.29, 0.717) is 6.04 Å². The highest BCUT2D eigenvalue weighted by Gasteiger charge is 2.08. The molecule has 2 rings (SSSR count). The molecule has 0 atom stereocenters. The molecule has 16 heavy (non-hydrogen) atoms. The van der Waals surface area contributed by atoms with Gasteiger partial charge in [-0.25, -0.2) is 0 Å². The number of halogens is 1. The fraction of sp³-hybridized carbons (Fsp3) is 0.385. The molecule has 0 unspecified atom stereocenters. The molecule has 0 aliphatic carbocycles. The minimum Gasteiger partial charge on any atom is -0.345 e. The lowest BCUT2D eigenvalue weighted by Crippen LogP contribution is -2.04. The Labute approximate surface area is 103 Å². The second-order valence-electron chi connectivity index (χ2n) is 4.20. The first kappa shape index (κ1) is 13.1. The van der Waals surface area contributed by atoms with Gasteiger partial charge in [0, 0.05) is 29.7 Å². The van der Waals surface area contributed by atoms with Crippen molar-refractivity contribution in [2.24, 2.45) is 0 Å². The average molecular weight is 239 g/mol. The van der Waals surface area contributed by atoms with Crippen LogP contribution in [-0.4, -0.2) is 11.6 Å². The normalized spacial score (nSPS) is 10.8. The molecule has 0 radical (unpaired) electrons. The summed E-state index contributed by atoms with van der Waals surface area (Å²) in [6.07, 6.45) is 2.26. The number of hydrogen-bond donors (Lipinski definition) is 1. The van der Waals surface area contributed by atoms with Crippen LogP contribution in [0.2, 0.25) is 0 Å². The van der Waals surface area contributed by atoms with Crippen LogP contribution in [0.3, 0.4) is 0 Å². The predicted octanol–water partition coefficient (Wildman–Crippen LogP) is 3.36. The Morgan fingerprint density at radius 2 is 1.94 bits per heavy atom. The van der Waals surface area contributed by atoms with Gasteiger partial charge in [0.25, 0.3) is 0 Å². The van der Waals surface area contributed by atoms with Crippen molar-refractivity contribution in [1.29, 1.82) is 0 Å². The summed E-state index contributed by atoms with van der Waals surface area (Å²) >= 11 is 0. The van der Waals surface area contributed by atoms with Gasteiger partial charge in [-0.15, -0.1) is 12.4 Å². The van der Waals surface area contributed by atoms with Gasteiger partial charge in [-0.3, -0.25) is 0 Å². The second kappa shape index (κ2) is 5.37. The molecule has 0 saturated heterocycles. The van der Waals surface area contributed by atoms with Crippen LogP contribution in [0.15, 0.2) is 30.5 Å². The summed E-state index contributed by atoms with van der Waals surface area (Å²) < 4.78 is 2.34. The van der Waals surface area contributed by atoms with Crippen molar-refractivity contribution >= 4 is 23.3 Å². The van der Waals surface area contributed by atoms with E-state index < -0.39 is 0 Å². The third-order valence-corrected chi connectivity index (χ3v) is 2.75. The number of aromatic nitrogens is 1. The van der Waals surface area contributed by atoms with Crippen LogP contribution in [0.25, 0.3) is 10.9 Å². The maximum Gasteiger partial charge on any atom is 0.0486 e. The Bertz CT molecular complexity index is 460. The van der Waals surface area contributed by atoms with Crippen LogP contribution in [0.1, 0.15) is 25.5 Å². The Hall–Kier alpha value is -0.990. The summed E-state index contributed by atoms with van der Waals surface area (Å²) in [5, 5.41) is 4.58. The summed E-state index contributed by atoms with van der Waals surface area (Å²) in [7, 11) is 1.99. The highest BCUT2D eigenvalue weighted by molar-refractivity contribution is 5.85. The first-order chi connectivity index (χ1) is 7.24. The fourth-order valence-electron chi connectivity index (χ4n) is 2.04. The monoisotopic (exact) mass is 238 g/mol. The third-order valence-electron chi connectivity index (χ3n) is 2.75. The van der Waals surface area contributed by atoms with E-state index in [2.05, 4.69) is 54.2 Å². The van der Waals surface area contributed by atoms with Gasteiger partial charge >= 0.3 is 0 Å². The summed E-state index contributed by atoms with van der Waals surface area (Å²) in [4.78, 5) is 0. The van der Waals surface area contributed by atoms with E-state index >= 15 is 0 Å². The number of hydrogen-bond acceptors (Lipinski definition) is 1. The van der Waals surface area contributed by atoms with Crippen molar-refractivity contribution in [3.05, 3.63) is 36.0 Å². The lowest BCUT2D eigenvalue weighted by atomic mass is 10.2. The Morgan fingerprint density at radius 3 is 2.56 bits per heavy atom. The number of benzene rings is 1. The van der Waals surface area contributed by atoms with Crippen LogP contribution in [-0.2, 0) is 6.54 Å². The van der Waals surface area contributed by atoms with Gasteiger partial charge in [0.2, 0.25) is 0 Å². The number of nitrogens with zero attached hydrogens (tertiary/aromatic N) is 1. The zero-order valence-corrected chi connectivity index (χ0v) is 10.8. The highest BCUT2D eigenvalue weighted by atomic mass is 35.5. The van der Waals surface area contributed by atoms with E-state index in [4.69, 9.17) is 0 Å². The van der Waals surface area contributed by atoms with Crippen molar-refractivity contribution in [1.82, 2.24) is 9.88 Å². The van der Waals surface area contributed by atoms with Gasteiger partial charge in [0.15, 0.2) is 0 Å². The topological polar surface area (TPSA) is 17.0 Å². The lowest BCUT2D eigenvalue weighted by Gasteiger charge is -2.08. The van der Waals surface area contributed by atoms with E-state index in [1.807, 2.05) is 7.05 Å². The largest absolute Gasteiger partial charge is 0.345 e. The maximum absolute atomic E-state index is 3.22. The SMILES string of the molecule is CNCc1cn(C(C)C)c2ccccc12.Cl. The molecule has 1 aromatic heterocycles. The number of nitrogens with one attached hydrogen (secondary N) is 1. The zero-order chi connectivity index (χ0) is 10.8. The predicted molar refractivity (Wildman–Crippen MR) is 72.3 cm³/mol. The lowest BCUT2D eigenvalue weighted by molar-refractivity contribution is 0.619. The van der Waals surface area contributed by atoms with Gasteiger partial charge < -0.3 is 9.88 Å². The van der Waals surface area contributed by atoms with E-state index in [-0.39, 0.29) is 12.4 Å².